The second kappa shape index (κ2) is 8.10. The quantitative estimate of drug-likeness (QED) is 0.680. The summed E-state index contributed by atoms with van der Waals surface area (Å²) in [6, 6.07) is 5.69. The first kappa shape index (κ1) is 19.9. The molecule has 0 aromatic heterocycles. The monoisotopic (exact) mass is 361 g/mol. The molecule has 0 saturated heterocycles. The number of rotatable bonds is 7. The molecule has 0 radical (unpaired) electrons. The van der Waals surface area contributed by atoms with Crippen molar-refractivity contribution in [3.63, 3.8) is 0 Å². The summed E-state index contributed by atoms with van der Waals surface area (Å²) in [7, 11) is -3.53. The van der Waals surface area contributed by atoms with Gasteiger partial charge in [-0.15, -0.1) is 12.4 Å². The van der Waals surface area contributed by atoms with E-state index in [2.05, 4.69) is 10.0 Å². The summed E-state index contributed by atoms with van der Waals surface area (Å²) in [6.45, 7) is 3.95. The van der Waals surface area contributed by atoms with E-state index < -0.39 is 10.0 Å². The topological polar surface area (TPSA) is 101 Å². The number of sulfonamides is 1. The molecular weight excluding hydrogens is 338 g/mol. The van der Waals surface area contributed by atoms with Gasteiger partial charge < -0.3 is 11.1 Å². The van der Waals surface area contributed by atoms with Crippen LogP contribution in [0.3, 0.4) is 0 Å². The minimum atomic E-state index is -3.53. The lowest BCUT2D eigenvalue weighted by Crippen LogP contribution is -2.38. The maximum atomic E-state index is 12.0. The largest absolute Gasteiger partial charge is 0.350 e. The Morgan fingerprint density at radius 2 is 1.83 bits per heavy atom. The highest BCUT2D eigenvalue weighted by atomic mass is 35.5. The lowest BCUT2D eigenvalue weighted by atomic mass is 10.2. The SMILES string of the molecule is CC(C)NS(=O)(=O)c1ccc(C(=O)NCC(N)C2CC2)cc1.Cl. The van der Waals surface area contributed by atoms with Gasteiger partial charge in [0.15, 0.2) is 0 Å². The molecule has 1 aromatic carbocycles. The highest BCUT2D eigenvalue weighted by Gasteiger charge is 2.28. The molecule has 23 heavy (non-hydrogen) atoms. The fraction of sp³-hybridized carbons (Fsp3) is 0.533. The van der Waals surface area contributed by atoms with Crippen molar-refractivity contribution in [2.75, 3.05) is 6.54 Å². The van der Waals surface area contributed by atoms with Crippen molar-refractivity contribution in [3.05, 3.63) is 29.8 Å². The third-order valence-corrected chi connectivity index (χ3v) is 5.22. The summed E-state index contributed by atoms with van der Waals surface area (Å²) in [5.41, 5.74) is 6.35. The van der Waals surface area contributed by atoms with Crippen molar-refractivity contribution in [1.82, 2.24) is 10.0 Å². The predicted octanol–water partition coefficient (Wildman–Crippen LogP) is 1.26. The Morgan fingerprint density at radius 1 is 1.26 bits per heavy atom. The number of halogens is 1. The number of carbonyl (C=O) groups is 1. The number of hydrogen-bond donors (Lipinski definition) is 3. The molecule has 1 saturated carbocycles. The summed E-state index contributed by atoms with van der Waals surface area (Å²) < 4.78 is 26.5. The molecular formula is C15H24ClN3O3S. The van der Waals surface area contributed by atoms with E-state index in [1.165, 1.54) is 24.3 Å². The molecule has 8 heteroatoms. The number of hydrogen-bond acceptors (Lipinski definition) is 4. The summed E-state index contributed by atoms with van der Waals surface area (Å²) in [5, 5.41) is 2.78. The van der Waals surface area contributed by atoms with Gasteiger partial charge in [-0.1, -0.05) is 0 Å². The molecule has 1 aliphatic rings. The molecule has 0 aliphatic heterocycles. The molecule has 1 aromatic rings. The first-order chi connectivity index (χ1) is 10.3. The number of nitrogens with two attached hydrogens (primary N) is 1. The van der Waals surface area contributed by atoms with Crippen LogP contribution in [0.5, 0.6) is 0 Å². The van der Waals surface area contributed by atoms with Gasteiger partial charge in [0.25, 0.3) is 5.91 Å². The van der Waals surface area contributed by atoms with Gasteiger partial charge in [0.2, 0.25) is 10.0 Å². The van der Waals surface area contributed by atoms with E-state index >= 15 is 0 Å². The van der Waals surface area contributed by atoms with Crippen LogP contribution in [0.25, 0.3) is 0 Å². The van der Waals surface area contributed by atoms with Gasteiger partial charge in [0, 0.05) is 24.2 Å². The van der Waals surface area contributed by atoms with E-state index in [9.17, 15) is 13.2 Å². The van der Waals surface area contributed by atoms with Gasteiger partial charge >= 0.3 is 0 Å². The molecule has 4 N–H and O–H groups in total. The Kier molecular flexibility index (Phi) is 7.01. The van der Waals surface area contributed by atoms with Crippen molar-refractivity contribution in [1.29, 1.82) is 0 Å². The Hall–Kier alpha value is -1.15. The third-order valence-electron chi connectivity index (χ3n) is 3.54. The van der Waals surface area contributed by atoms with E-state index in [-0.39, 0.29) is 35.3 Å². The molecule has 0 bridgehead atoms. The lowest BCUT2D eigenvalue weighted by Gasteiger charge is -2.12. The Bertz CT molecular complexity index is 628. The van der Waals surface area contributed by atoms with Crippen LogP contribution in [-0.4, -0.2) is 33.0 Å². The zero-order valence-electron chi connectivity index (χ0n) is 13.3. The zero-order chi connectivity index (χ0) is 16.3. The van der Waals surface area contributed by atoms with Crippen LogP contribution in [0, 0.1) is 5.92 Å². The second-order valence-electron chi connectivity index (χ2n) is 6.01. The van der Waals surface area contributed by atoms with Crippen molar-refractivity contribution in [2.45, 2.75) is 43.7 Å². The van der Waals surface area contributed by atoms with Crippen molar-refractivity contribution >= 4 is 28.3 Å². The first-order valence-electron chi connectivity index (χ1n) is 7.46. The number of benzene rings is 1. The maximum Gasteiger partial charge on any atom is 0.251 e. The maximum absolute atomic E-state index is 12.0. The fourth-order valence-corrected chi connectivity index (χ4v) is 3.42. The van der Waals surface area contributed by atoms with Gasteiger partial charge in [-0.3, -0.25) is 4.79 Å². The first-order valence-corrected chi connectivity index (χ1v) is 8.94. The number of amides is 1. The lowest BCUT2D eigenvalue weighted by molar-refractivity contribution is 0.0950. The van der Waals surface area contributed by atoms with E-state index in [4.69, 9.17) is 5.73 Å². The van der Waals surface area contributed by atoms with Gasteiger partial charge in [0.05, 0.1) is 4.90 Å². The molecule has 130 valence electrons. The Balaban J connectivity index is 0.00000264. The van der Waals surface area contributed by atoms with Crippen LogP contribution < -0.4 is 15.8 Å². The van der Waals surface area contributed by atoms with Gasteiger partial charge in [-0.25, -0.2) is 13.1 Å². The molecule has 1 fully saturated rings. The van der Waals surface area contributed by atoms with E-state index in [1.54, 1.807) is 13.8 Å². The van der Waals surface area contributed by atoms with Crippen LogP contribution in [-0.2, 0) is 10.0 Å². The Morgan fingerprint density at radius 3 is 2.30 bits per heavy atom. The smallest absolute Gasteiger partial charge is 0.251 e. The summed E-state index contributed by atoms with van der Waals surface area (Å²) in [5.74, 6) is 0.284. The highest BCUT2D eigenvalue weighted by molar-refractivity contribution is 7.89. The van der Waals surface area contributed by atoms with Crippen LogP contribution in [0.2, 0.25) is 0 Å². The number of carbonyl (C=O) groups excluding carboxylic acids is 1. The molecule has 2 rings (SSSR count). The molecule has 0 spiro atoms. The number of nitrogens with one attached hydrogen (secondary N) is 2. The predicted molar refractivity (Wildman–Crippen MR) is 92.2 cm³/mol. The molecule has 0 heterocycles. The van der Waals surface area contributed by atoms with E-state index in [1.807, 2.05) is 0 Å². The third kappa shape index (κ3) is 5.76. The minimum Gasteiger partial charge on any atom is -0.350 e. The minimum absolute atomic E-state index is 0. The summed E-state index contributed by atoms with van der Waals surface area (Å²) in [4.78, 5) is 12.1. The van der Waals surface area contributed by atoms with E-state index in [0.29, 0.717) is 18.0 Å². The molecule has 6 nitrogen and oxygen atoms in total. The fourth-order valence-electron chi connectivity index (χ4n) is 2.17. The average molecular weight is 362 g/mol. The zero-order valence-corrected chi connectivity index (χ0v) is 14.9. The molecule has 1 atom stereocenters. The molecule has 1 aliphatic carbocycles. The normalized spacial score (nSPS) is 15.8. The van der Waals surface area contributed by atoms with Gasteiger partial charge in [-0.2, -0.15) is 0 Å². The molecule has 1 unspecified atom stereocenters. The summed E-state index contributed by atoms with van der Waals surface area (Å²) in [6.07, 6.45) is 2.26. The Labute approximate surface area is 143 Å². The second-order valence-corrected chi connectivity index (χ2v) is 7.73. The average Bonchev–Trinajstić information content (AvgIpc) is 3.27. The summed E-state index contributed by atoms with van der Waals surface area (Å²) >= 11 is 0. The van der Waals surface area contributed by atoms with Crippen molar-refractivity contribution in [2.24, 2.45) is 11.7 Å². The van der Waals surface area contributed by atoms with Crippen LogP contribution in [0.15, 0.2) is 29.2 Å². The van der Waals surface area contributed by atoms with Crippen LogP contribution >= 0.6 is 12.4 Å². The highest BCUT2D eigenvalue weighted by Crippen LogP contribution is 2.31. The van der Waals surface area contributed by atoms with Crippen LogP contribution in [0.4, 0.5) is 0 Å². The standard InChI is InChI=1S/C15H23N3O3S.ClH/c1-10(2)18-22(20,21)13-7-5-12(6-8-13)15(19)17-9-14(16)11-3-4-11;/h5-8,10-11,14,18H,3-4,9,16H2,1-2H3,(H,17,19);1H. The molecule has 1 amide bonds. The van der Waals surface area contributed by atoms with Crippen LogP contribution in [0.1, 0.15) is 37.0 Å². The van der Waals surface area contributed by atoms with Gasteiger partial charge in [0.1, 0.15) is 0 Å². The van der Waals surface area contributed by atoms with Crippen molar-refractivity contribution in [3.8, 4) is 0 Å². The van der Waals surface area contributed by atoms with E-state index in [0.717, 1.165) is 12.8 Å². The van der Waals surface area contributed by atoms with Gasteiger partial charge in [-0.05, 0) is 56.9 Å². The van der Waals surface area contributed by atoms with Crippen molar-refractivity contribution < 1.29 is 13.2 Å².